The topological polar surface area (TPSA) is 52.0 Å². The minimum atomic E-state index is -4.71. The van der Waals surface area contributed by atoms with Crippen molar-refractivity contribution >= 4 is 21.9 Å². The van der Waals surface area contributed by atoms with E-state index < -0.39 is 6.36 Å². The number of aromatic nitrogens is 3. The maximum absolute atomic E-state index is 12.2. The summed E-state index contributed by atoms with van der Waals surface area (Å²) in [6, 6.07) is 5.68. The third-order valence-corrected chi connectivity index (χ3v) is 3.55. The number of hydrogen-bond donors (Lipinski definition) is 1. The summed E-state index contributed by atoms with van der Waals surface area (Å²) in [6.07, 6.45) is -2.88. The summed E-state index contributed by atoms with van der Waals surface area (Å²) in [5.74, 6) is 0.241. The van der Waals surface area contributed by atoms with Crippen LogP contribution in [0.15, 0.2) is 29.0 Å². The number of rotatable bonds is 6. The molecule has 1 aromatic carbocycles. The zero-order valence-corrected chi connectivity index (χ0v) is 14.1. The number of nitrogens with zero attached hydrogens (tertiary/aromatic N) is 3. The lowest BCUT2D eigenvalue weighted by Gasteiger charge is -2.16. The summed E-state index contributed by atoms with van der Waals surface area (Å²) in [6.45, 7) is 4.11. The summed E-state index contributed by atoms with van der Waals surface area (Å²) in [5.41, 5.74) is 0.575. The molecule has 1 N–H and O–H groups in total. The van der Waals surface area contributed by atoms with Gasteiger partial charge in [-0.3, -0.25) is 0 Å². The Hall–Kier alpha value is -1.77. The predicted octanol–water partition coefficient (Wildman–Crippen LogP) is 4.53. The van der Waals surface area contributed by atoms with E-state index in [9.17, 15) is 13.2 Å². The van der Waals surface area contributed by atoms with Gasteiger partial charge in [-0.2, -0.15) is 9.67 Å². The molecule has 0 bridgehead atoms. The summed E-state index contributed by atoms with van der Waals surface area (Å²) in [5, 5.41) is 7.47. The summed E-state index contributed by atoms with van der Waals surface area (Å²) in [4.78, 5) is 4.25. The van der Waals surface area contributed by atoms with Gasteiger partial charge in [0.05, 0.1) is 5.69 Å². The number of benzene rings is 1. The second-order valence-corrected chi connectivity index (χ2v) is 5.52. The van der Waals surface area contributed by atoms with Crippen molar-refractivity contribution in [2.24, 2.45) is 0 Å². The van der Waals surface area contributed by atoms with Gasteiger partial charge in [0.2, 0.25) is 10.7 Å². The molecule has 9 heteroatoms. The van der Waals surface area contributed by atoms with Crippen molar-refractivity contribution in [3.63, 3.8) is 0 Å². The molecule has 1 heterocycles. The Bertz CT molecular complexity index is 638. The van der Waals surface area contributed by atoms with Crippen molar-refractivity contribution < 1.29 is 17.9 Å². The van der Waals surface area contributed by atoms with Gasteiger partial charge in [0.15, 0.2) is 0 Å². The molecule has 2 aromatic rings. The second kappa shape index (κ2) is 7.20. The molecule has 0 spiro atoms. The summed E-state index contributed by atoms with van der Waals surface area (Å²) in [7, 11) is 0. The van der Waals surface area contributed by atoms with Crippen LogP contribution in [0.5, 0.6) is 5.75 Å². The highest BCUT2D eigenvalue weighted by Crippen LogP contribution is 2.25. The summed E-state index contributed by atoms with van der Waals surface area (Å²) >= 11 is 3.21. The van der Waals surface area contributed by atoms with Crippen LogP contribution >= 0.6 is 15.9 Å². The highest BCUT2D eigenvalue weighted by Gasteiger charge is 2.31. The fourth-order valence-corrected chi connectivity index (χ4v) is 2.35. The molecule has 0 aliphatic carbocycles. The highest BCUT2D eigenvalue weighted by molar-refractivity contribution is 9.10. The molecule has 0 unspecified atom stereocenters. The van der Waals surface area contributed by atoms with Crippen LogP contribution in [0, 0.1) is 0 Å². The largest absolute Gasteiger partial charge is 0.573 e. The van der Waals surface area contributed by atoms with E-state index in [4.69, 9.17) is 0 Å². The molecule has 0 saturated heterocycles. The molecular formula is C14H16BrF3N4O. The number of ether oxygens (including phenoxy) is 1. The zero-order valence-electron chi connectivity index (χ0n) is 12.6. The molecule has 0 fully saturated rings. The van der Waals surface area contributed by atoms with Gasteiger partial charge in [-0.25, -0.2) is 0 Å². The molecule has 23 heavy (non-hydrogen) atoms. The SMILES string of the molecule is CCC(CC)Nc1nc(Br)nn1-c1ccc(OC(F)(F)F)cc1. The first-order valence-corrected chi connectivity index (χ1v) is 7.87. The van der Waals surface area contributed by atoms with E-state index in [0.717, 1.165) is 12.8 Å². The maximum atomic E-state index is 12.2. The quantitative estimate of drug-likeness (QED) is 0.784. The molecular weight excluding hydrogens is 377 g/mol. The molecule has 0 saturated carbocycles. The molecule has 0 aliphatic rings. The molecule has 126 valence electrons. The Labute approximate surface area is 140 Å². The number of halogens is 4. The van der Waals surface area contributed by atoms with Gasteiger partial charge in [0.1, 0.15) is 5.75 Å². The normalized spacial score (nSPS) is 11.8. The van der Waals surface area contributed by atoms with Crippen LogP contribution < -0.4 is 10.1 Å². The smallest absolute Gasteiger partial charge is 0.406 e. The van der Waals surface area contributed by atoms with Gasteiger partial charge in [-0.05, 0) is 53.0 Å². The van der Waals surface area contributed by atoms with E-state index in [1.807, 2.05) is 0 Å². The van der Waals surface area contributed by atoms with E-state index >= 15 is 0 Å². The van der Waals surface area contributed by atoms with Crippen molar-refractivity contribution in [2.45, 2.75) is 39.1 Å². The summed E-state index contributed by atoms with van der Waals surface area (Å²) < 4.78 is 42.3. The van der Waals surface area contributed by atoms with Crippen molar-refractivity contribution in [2.75, 3.05) is 5.32 Å². The van der Waals surface area contributed by atoms with Crippen LogP contribution in [0.4, 0.5) is 19.1 Å². The number of alkyl halides is 3. The monoisotopic (exact) mass is 392 g/mol. The molecule has 0 radical (unpaired) electrons. The molecule has 0 aliphatic heterocycles. The van der Waals surface area contributed by atoms with Gasteiger partial charge in [0.25, 0.3) is 0 Å². The predicted molar refractivity (Wildman–Crippen MR) is 83.7 cm³/mol. The van der Waals surface area contributed by atoms with Gasteiger partial charge in [-0.15, -0.1) is 18.3 Å². The molecule has 5 nitrogen and oxygen atoms in total. The van der Waals surface area contributed by atoms with E-state index in [1.165, 1.54) is 28.9 Å². The lowest BCUT2D eigenvalue weighted by molar-refractivity contribution is -0.274. The van der Waals surface area contributed by atoms with Gasteiger partial charge < -0.3 is 10.1 Å². The first-order valence-electron chi connectivity index (χ1n) is 7.07. The van der Waals surface area contributed by atoms with Crippen molar-refractivity contribution in [3.05, 3.63) is 29.0 Å². The Balaban J connectivity index is 2.24. The molecule has 2 rings (SSSR count). The number of anilines is 1. The zero-order chi connectivity index (χ0) is 17.0. The van der Waals surface area contributed by atoms with Crippen LogP contribution in [0.3, 0.4) is 0 Å². The Morgan fingerprint density at radius 2 is 1.83 bits per heavy atom. The van der Waals surface area contributed by atoms with Crippen LogP contribution in [0.1, 0.15) is 26.7 Å². The molecule has 0 atom stereocenters. The van der Waals surface area contributed by atoms with E-state index in [2.05, 4.69) is 49.9 Å². The van der Waals surface area contributed by atoms with Crippen molar-refractivity contribution in [1.29, 1.82) is 0 Å². The fraction of sp³-hybridized carbons (Fsp3) is 0.429. The average molecular weight is 393 g/mol. The van der Waals surface area contributed by atoms with E-state index in [1.54, 1.807) is 0 Å². The molecule has 0 amide bonds. The van der Waals surface area contributed by atoms with Crippen molar-refractivity contribution in [1.82, 2.24) is 14.8 Å². The second-order valence-electron chi connectivity index (χ2n) is 4.82. The fourth-order valence-electron chi connectivity index (χ4n) is 2.02. The third kappa shape index (κ3) is 4.85. The first-order chi connectivity index (χ1) is 10.8. The number of nitrogens with one attached hydrogen (secondary N) is 1. The maximum Gasteiger partial charge on any atom is 0.573 e. The first kappa shape index (κ1) is 17.6. The van der Waals surface area contributed by atoms with E-state index in [-0.39, 0.29) is 11.8 Å². The van der Waals surface area contributed by atoms with Crippen LogP contribution in [0.25, 0.3) is 5.69 Å². The van der Waals surface area contributed by atoms with Crippen LogP contribution in [0.2, 0.25) is 0 Å². The minimum absolute atomic E-state index is 0.234. The molecule has 1 aromatic heterocycles. The van der Waals surface area contributed by atoms with Crippen LogP contribution in [-0.4, -0.2) is 27.2 Å². The highest BCUT2D eigenvalue weighted by atomic mass is 79.9. The lowest BCUT2D eigenvalue weighted by atomic mass is 10.2. The number of hydrogen-bond acceptors (Lipinski definition) is 4. The Morgan fingerprint density at radius 3 is 2.35 bits per heavy atom. The minimum Gasteiger partial charge on any atom is -0.406 e. The lowest BCUT2D eigenvalue weighted by Crippen LogP contribution is -2.20. The Kier molecular flexibility index (Phi) is 5.51. The van der Waals surface area contributed by atoms with E-state index in [0.29, 0.717) is 16.4 Å². The third-order valence-electron chi connectivity index (χ3n) is 3.21. The van der Waals surface area contributed by atoms with Crippen LogP contribution in [-0.2, 0) is 0 Å². The van der Waals surface area contributed by atoms with Gasteiger partial charge in [-0.1, -0.05) is 13.8 Å². The van der Waals surface area contributed by atoms with Gasteiger partial charge >= 0.3 is 6.36 Å². The standard InChI is InChI=1S/C14H16BrF3N4O/c1-3-9(4-2)19-13-20-12(15)21-22(13)10-5-7-11(8-6-10)23-14(16,17)18/h5-9H,3-4H2,1-2H3,(H,19,20,21). The van der Waals surface area contributed by atoms with Crippen molar-refractivity contribution in [3.8, 4) is 11.4 Å². The Morgan fingerprint density at radius 1 is 1.22 bits per heavy atom. The average Bonchev–Trinajstić information content (AvgIpc) is 2.84. The van der Waals surface area contributed by atoms with Gasteiger partial charge in [0, 0.05) is 6.04 Å².